The van der Waals surface area contributed by atoms with Gasteiger partial charge in [-0.15, -0.1) is 5.10 Å². The Morgan fingerprint density at radius 1 is 1.08 bits per heavy atom. The molecule has 0 radical (unpaired) electrons. The number of nitrogen functional groups attached to an aromatic ring is 1. The zero-order chi connectivity index (χ0) is 18.3. The average Bonchev–Trinajstić information content (AvgIpc) is 3.02. The van der Waals surface area contributed by atoms with Crippen molar-refractivity contribution < 1.29 is 0 Å². The van der Waals surface area contributed by atoms with Gasteiger partial charge in [-0.25, -0.2) is 9.50 Å². The number of hydrogen-bond donors (Lipinski definition) is 3. The first-order valence-corrected chi connectivity index (χ1v) is 9.25. The summed E-state index contributed by atoms with van der Waals surface area (Å²) >= 11 is 0. The fourth-order valence-electron chi connectivity index (χ4n) is 3.82. The number of nitrogens with one attached hydrogen (secondary N) is 1. The maximum absolute atomic E-state index is 6.04. The highest BCUT2D eigenvalue weighted by Gasteiger charge is 2.23. The highest BCUT2D eigenvalue weighted by Crippen LogP contribution is 2.33. The molecule has 4 rings (SSSR count). The highest BCUT2D eigenvalue weighted by atomic mass is 15.3. The van der Waals surface area contributed by atoms with Crippen LogP contribution in [0.4, 0.5) is 17.2 Å². The molecule has 1 fully saturated rings. The van der Waals surface area contributed by atoms with E-state index < -0.39 is 0 Å². The molecule has 0 aliphatic heterocycles. The lowest BCUT2D eigenvalue weighted by atomic mass is 9.85. The average molecular weight is 350 g/mol. The molecule has 136 valence electrons. The third kappa shape index (κ3) is 3.24. The van der Waals surface area contributed by atoms with Gasteiger partial charge in [0.05, 0.1) is 17.6 Å². The van der Waals surface area contributed by atoms with Gasteiger partial charge in [0.1, 0.15) is 5.82 Å². The van der Waals surface area contributed by atoms with Crippen molar-refractivity contribution in [1.29, 1.82) is 0 Å². The number of nitrogens with two attached hydrogens (primary N) is 2. The van der Waals surface area contributed by atoms with Crippen LogP contribution in [0, 0.1) is 13.8 Å². The van der Waals surface area contributed by atoms with Gasteiger partial charge in [-0.05, 0) is 51.2 Å². The van der Waals surface area contributed by atoms with Gasteiger partial charge in [-0.1, -0.05) is 17.7 Å². The van der Waals surface area contributed by atoms with Crippen molar-refractivity contribution in [3.63, 3.8) is 0 Å². The molecular weight excluding hydrogens is 324 g/mol. The van der Waals surface area contributed by atoms with E-state index in [4.69, 9.17) is 16.5 Å². The molecule has 5 N–H and O–H groups in total. The second-order valence-electron chi connectivity index (χ2n) is 7.47. The number of anilines is 3. The SMILES string of the molecule is Cc1ccc(Nc2cc(N)nn3cc(C4CCC(N)CC4)nc23)c(C)c1. The van der Waals surface area contributed by atoms with E-state index in [1.165, 1.54) is 11.1 Å². The van der Waals surface area contributed by atoms with E-state index in [0.29, 0.717) is 17.8 Å². The first kappa shape index (κ1) is 16.8. The Labute approximate surface area is 153 Å². The summed E-state index contributed by atoms with van der Waals surface area (Å²) < 4.78 is 1.80. The highest BCUT2D eigenvalue weighted by molar-refractivity contribution is 5.76. The Hall–Kier alpha value is -2.60. The molecule has 26 heavy (non-hydrogen) atoms. The summed E-state index contributed by atoms with van der Waals surface area (Å²) in [6, 6.07) is 8.52. The Balaban J connectivity index is 1.70. The molecule has 1 aliphatic rings. The summed E-state index contributed by atoms with van der Waals surface area (Å²) in [5.74, 6) is 0.922. The fourth-order valence-corrected chi connectivity index (χ4v) is 3.82. The lowest BCUT2D eigenvalue weighted by molar-refractivity contribution is 0.391. The number of rotatable bonds is 3. The van der Waals surface area contributed by atoms with Crippen LogP contribution in [0.25, 0.3) is 5.65 Å². The predicted octanol–water partition coefficient (Wildman–Crippen LogP) is 3.66. The molecule has 0 spiro atoms. The van der Waals surface area contributed by atoms with Gasteiger partial charge in [-0.2, -0.15) is 0 Å². The number of fused-ring (bicyclic) bond motifs is 1. The molecule has 0 saturated heterocycles. The van der Waals surface area contributed by atoms with Crippen LogP contribution in [0.1, 0.15) is 48.4 Å². The number of aryl methyl sites for hydroxylation is 2. The van der Waals surface area contributed by atoms with Gasteiger partial charge in [0.2, 0.25) is 0 Å². The van der Waals surface area contributed by atoms with E-state index in [1.54, 1.807) is 4.52 Å². The summed E-state index contributed by atoms with van der Waals surface area (Å²) in [6.07, 6.45) is 6.30. The van der Waals surface area contributed by atoms with Crippen LogP contribution < -0.4 is 16.8 Å². The molecule has 3 aromatic rings. The Kier molecular flexibility index (Phi) is 4.28. The largest absolute Gasteiger partial charge is 0.382 e. The normalized spacial score (nSPS) is 20.4. The van der Waals surface area contributed by atoms with Crippen LogP contribution >= 0.6 is 0 Å². The van der Waals surface area contributed by atoms with E-state index in [-0.39, 0.29) is 0 Å². The summed E-state index contributed by atoms with van der Waals surface area (Å²) in [6.45, 7) is 4.19. The van der Waals surface area contributed by atoms with Gasteiger partial charge in [0, 0.05) is 23.7 Å². The second-order valence-corrected chi connectivity index (χ2v) is 7.47. The Morgan fingerprint density at radius 2 is 1.85 bits per heavy atom. The maximum Gasteiger partial charge on any atom is 0.177 e. The van der Waals surface area contributed by atoms with E-state index in [0.717, 1.165) is 48.4 Å². The van der Waals surface area contributed by atoms with Gasteiger partial charge in [-0.3, -0.25) is 0 Å². The molecule has 0 atom stereocenters. The Morgan fingerprint density at radius 3 is 2.58 bits per heavy atom. The number of hydrogen-bond acceptors (Lipinski definition) is 5. The predicted molar refractivity (Wildman–Crippen MR) is 106 cm³/mol. The zero-order valence-electron chi connectivity index (χ0n) is 15.4. The topological polar surface area (TPSA) is 94.3 Å². The molecule has 0 unspecified atom stereocenters. The molecule has 0 amide bonds. The van der Waals surface area contributed by atoms with E-state index in [9.17, 15) is 0 Å². The van der Waals surface area contributed by atoms with Gasteiger partial charge in [0.25, 0.3) is 0 Å². The zero-order valence-corrected chi connectivity index (χ0v) is 15.4. The first-order valence-electron chi connectivity index (χ1n) is 9.25. The quantitative estimate of drug-likeness (QED) is 0.670. The molecule has 2 heterocycles. The molecule has 6 heteroatoms. The minimum Gasteiger partial charge on any atom is -0.382 e. The third-order valence-corrected chi connectivity index (χ3v) is 5.30. The molecule has 6 nitrogen and oxygen atoms in total. The van der Waals surface area contributed by atoms with Crippen molar-refractivity contribution in [2.45, 2.75) is 51.5 Å². The molecule has 1 aromatic carbocycles. The molecule has 1 aliphatic carbocycles. The molecule has 0 bridgehead atoms. The summed E-state index contributed by atoms with van der Waals surface area (Å²) in [5, 5.41) is 7.90. The number of imidazole rings is 1. The smallest absolute Gasteiger partial charge is 0.177 e. The van der Waals surface area contributed by atoms with Gasteiger partial charge in [0.15, 0.2) is 5.65 Å². The lowest BCUT2D eigenvalue weighted by Crippen LogP contribution is -2.25. The summed E-state index contributed by atoms with van der Waals surface area (Å²) in [4.78, 5) is 4.89. The van der Waals surface area contributed by atoms with Crippen molar-refractivity contribution >= 4 is 22.8 Å². The van der Waals surface area contributed by atoms with E-state index in [2.05, 4.69) is 42.5 Å². The van der Waals surface area contributed by atoms with Crippen LogP contribution in [0.5, 0.6) is 0 Å². The summed E-state index contributed by atoms with van der Waals surface area (Å²) in [7, 11) is 0. The van der Waals surface area contributed by atoms with Crippen molar-refractivity contribution in [3.05, 3.63) is 47.3 Å². The van der Waals surface area contributed by atoms with Gasteiger partial charge >= 0.3 is 0 Å². The summed E-state index contributed by atoms with van der Waals surface area (Å²) in [5.41, 5.74) is 18.3. The molecular formula is C20H26N6. The van der Waals surface area contributed by atoms with Crippen LogP contribution in [0.15, 0.2) is 30.5 Å². The minimum absolute atomic E-state index is 0.332. The van der Waals surface area contributed by atoms with Crippen molar-refractivity contribution in [2.24, 2.45) is 5.73 Å². The van der Waals surface area contributed by atoms with Crippen LogP contribution in [-0.2, 0) is 0 Å². The van der Waals surface area contributed by atoms with Crippen LogP contribution in [0.3, 0.4) is 0 Å². The van der Waals surface area contributed by atoms with Crippen molar-refractivity contribution in [1.82, 2.24) is 14.6 Å². The van der Waals surface area contributed by atoms with Crippen molar-refractivity contribution in [3.8, 4) is 0 Å². The monoisotopic (exact) mass is 350 g/mol. The lowest BCUT2D eigenvalue weighted by Gasteiger charge is -2.24. The van der Waals surface area contributed by atoms with E-state index in [1.807, 2.05) is 12.3 Å². The number of nitrogens with zero attached hydrogens (tertiary/aromatic N) is 3. The number of aromatic nitrogens is 3. The van der Waals surface area contributed by atoms with Crippen LogP contribution in [-0.4, -0.2) is 20.6 Å². The first-order chi connectivity index (χ1) is 12.5. The maximum atomic E-state index is 6.04. The van der Waals surface area contributed by atoms with Crippen molar-refractivity contribution in [2.75, 3.05) is 11.1 Å². The number of benzene rings is 1. The third-order valence-electron chi connectivity index (χ3n) is 5.30. The molecule has 1 saturated carbocycles. The standard InChI is InChI=1S/C20H26N6/c1-12-3-8-16(13(2)9-12)23-17-10-19(22)25-26-11-18(24-20(17)26)14-4-6-15(21)7-5-14/h3,8-11,14-15,23H,4-7,21H2,1-2H3,(H2,22,25). The second kappa shape index (κ2) is 6.61. The van der Waals surface area contributed by atoms with Gasteiger partial charge < -0.3 is 16.8 Å². The Bertz CT molecular complexity index is 937. The minimum atomic E-state index is 0.332. The van der Waals surface area contributed by atoms with E-state index >= 15 is 0 Å². The molecule has 2 aromatic heterocycles. The fraction of sp³-hybridized carbons (Fsp3) is 0.400. The van der Waals surface area contributed by atoms with Crippen LogP contribution in [0.2, 0.25) is 0 Å².